The first-order chi connectivity index (χ1) is 23.1. The van der Waals surface area contributed by atoms with Crippen molar-refractivity contribution >= 4 is 5.78 Å². The van der Waals surface area contributed by atoms with Crippen molar-refractivity contribution in [2.45, 2.75) is 86.9 Å². The maximum atomic E-state index is 14.4. The van der Waals surface area contributed by atoms with E-state index in [1.807, 2.05) is 24.3 Å². The average Bonchev–Trinajstić information content (AvgIpc) is 3.08. The van der Waals surface area contributed by atoms with Crippen LogP contribution in [0.3, 0.4) is 0 Å². The maximum absolute atomic E-state index is 14.4. The molecule has 3 aromatic carbocycles. The Morgan fingerprint density at radius 2 is 1.71 bits per heavy atom. The molecule has 0 spiro atoms. The van der Waals surface area contributed by atoms with Gasteiger partial charge in [0.2, 0.25) is 0 Å². The molecule has 3 aliphatic carbocycles. The van der Waals surface area contributed by atoms with Crippen LogP contribution in [0, 0.1) is 29.6 Å². The van der Waals surface area contributed by atoms with E-state index in [9.17, 15) is 30.3 Å². The van der Waals surface area contributed by atoms with E-state index in [0.717, 1.165) is 36.8 Å². The number of carbonyl (C=O) groups is 1. The van der Waals surface area contributed by atoms with Gasteiger partial charge in [-0.2, -0.15) is 0 Å². The molecule has 252 valence electrons. The van der Waals surface area contributed by atoms with E-state index in [0.29, 0.717) is 36.9 Å². The first-order valence-electron chi connectivity index (χ1n) is 17.2. The number of ether oxygens (including phenoxy) is 1. The van der Waals surface area contributed by atoms with Gasteiger partial charge >= 0.3 is 0 Å². The van der Waals surface area contributed by atoms with Gasteiger partial charge in [-0.05, 0) is 78.6 Å². The first kappa shape index (κ1) is 32.5. The Morgan fingerprint density at radius 3 is 2.46 bits per heavy atom. The zero-order chi connectivity index (χ0) is 33.7. The molecule has 4 aliphatic rings. The highest BCUT2D eigenvalue weighted by Crippen LogP contribution is 2.65. The van der Waals surface area contributed by atoms with Gasteiger partial charge in [0.25, 0.3) is 0 Å². The van der Waals surface area contributed by atoms with Crippen LogP contribution in [0.25, 0.3) is 0 Å². The summed E-state index contributed by atoms with van der Waals surface area (Å²) in [7, 11) is 1.47. The van der Waals surface area contributed by atoms with Gasteiger partial charge in [0.15, 0.2) is 23.0 Å². The highest BCUT2D eigenvalue weighted by molar-refractivity contribution is 5.81. The summed E-state index contributed by atoms with van der Waals surface area (Å²) < 4.78 is 5.47. The Hall–Kier alpha value is -4.03. The molecule has 2 saturated carbocycles. The fourth-order valence-electron chi connectivity index (χ4n) is 10.1. The number of methoxy groups -OCH3 is 1. The van der Waals surface area contributed by atoms with Crippen LogP contribution in [-0.2, 0) is 23.2 Å². The van der Waals surface area contributed by atoms with Gasteiger partial charge in [0.1, 0.15) is 5.78 Å². The van der Waals surface area contributed by atoms with E-state index in [1.165, 1.54) is 19.2 Å². The van der Waals surface area contributed by atoms with Crippen molar-refractivity contribution in [3.05, 3.63) is 82.9 Å². The number of hydrogen-bond donors (Lipinski definition) is 6. The zero-order valence-electron chi connectivity index (χ0n) is 27.4. The molecule has 6 N–H and O–H groups in total. The molecule has 1 aliphatic heterocycles. The number of Topliss-reactive ketones (excluding diaryl/α,β-unsaturated/α-hetero) is 1. The smallest absolute Gasteiger partial charge is 0.160 e. The molecule has 8 nitrogen and oxygen atoms in total. The summed E-state index contributed by atoms with van der Waals surface area (Å²) >= 11 is 0. The van der Waals surface area contributed by atoms with Crippen molar-refractivity contribution in [2.75, 3.05) is 13.7 Å². The van der Waals surface area contributed by atoms with Crippen LogP contribution in [0.5, 0.6) is 23.0 Å². The maximum Gasteiger partial charge on any atom is 0.160 e. The van der Waals surface area contributed by atoms with E-state index < -0.39 is 16.9 Å². The monoisotopic (exact) mass is 651 g/mol. The third-order valence-corrected chi connectivity index (χ3v) is 12.1. The quantitative estimate of drug-likeness (QED) is 0.158. The number of benzene rings is 3. The first-order valence-corrected chi connectivity index (χ1v) is 17.2. The van der Waals surface area contributed by atoms with Crippen LogP contribution in [0.15, 0.2) is 60.7 Å². The number of aliphatic hydroxyl groups excluding tert-OH is 1. The summed E-state index contributed by atoms with van der Waals surface area (Å²) in [5, 5.41) is 58.7. The number of phenols is 3. The predicted molar refractivity (Wildman–Crippen MR) is 181 cm³/mol. The van der Waals surface area contributed by atoms with E-state index in [-0.39, 0.29) is 71.5 Å². The third-order valence-electron chi connectivity index (χ3n) is 12.1. The number of aliphatic hydroxyl groups is 2. The minimum atomic E-state index is -1.34. The molecule has 0 aromatic heterocycles. The second-order valence-electron chi connectivity index (χ2n) is 14.5. The normalized spacial score (nSPS) is 32.8. The number of ketones is 1. The van der Waals surface area contributed by atoms with Gasteiger partial charge in [-0.3, -0.25) is 4.79 Å². The third kappa shape index (κ3) is 5.24. The largest absolute Gasteiger partial charge is 0.504 e. The predicted octanol–water partition coefficient (Wildman–Crippen LogP) is 5.22. The van der Waals surface area contributed by atoms with Crippen molar-refractivity contribution in [1.82, 2.24) is 5.32 Å². The fraction of sp³-hybridized carbons (Fsp3) is 0.475. The molecule has 7 rings (SSSR count). The van der Waals surface area contributed by atoms with Crippen LogP contribution in [0.1, 0.15) is 79.5 Å². The summed E-state index contributed by atoms with van der Waals surface area (Å²) in [6.45, 7) is 0.239. The van der Waals surface area contributed by atoms with Gasteiger partial charge in [0.05, 0.1) is 19.3 Å². The van der Waals surface area contributed by atoms with E-state index in [1.54, 1.807) is 12.1 Å². The van der Waals surface area contributed by atoms with Crippen molar-refractivity contribution < 1.29 is 35.1 Å². The molecule has 1 heterocycles. The molecule has 2 bridgehead atoms. The minimum Gasteiger partial charge on any atom is -0.504 e. The molecule has 3 aromatic rings. The van der Waals surface area contributed by atoms with Crippen molar-refractivity contribution in [3.63, 3.8) is 0 Å². The summed E-state index contributed by atoms with van der Waals surface area (Å²) in [6.07, 6.45) is 5.44. The highest BCUT2D eigenvalue weighted by Gasteiger charge is 2.69. The molecule has 0 amide bonds. The number of carbonyl (C=O) groups excluding carboxylic acids is 1. The molecule has 7 unspecified atom stereocenters. The minimum absolute atomic E-state index is 0.0318. The lowest BCUT2D eigenvalue weighted by Crippen LogP contribution is -2.77. The molecule has 48 heavy (non-hydrogen) atoms. The van der Waals surface area contributed by atoms with Crippen LogP contribution < -0.4 is 10.1 Å². The summed E-state index contributed by atoms with van der Waals surface area (Å²) in [5.74, 6) is 5.60. The topological polar surface area (TPSA) is 139 Å². The summed E-state index contributed by atoms with van der Waals surface area (Å²) in [4.78, 5) is 14.4. The highest BCUT2D eigenvalue weighted by atomic mass is 16.5. The van der Waals surface area contributed by atoms with E-state index in [2.05, 4.69) is 29.3 Å². The van der Waals surface area contributed by atoms with E-state index in [4.69, 9.17) is 4.74 Å². The lowest BCUT2D eigenvalue weighted by atomic mass is 9.40. The van der Waals surface area contributed by atoms with Crippen molar-refractivity contribution in [1.29, 1.82) is 0 Å². The molecule has 3 fully saturated rings. The van der Waals surface area contributed by atoms with Gasteiger partial charge in [0, 0.05) is 54.0 Å². The Kier molecular flexibility index (Phi) is 8.43. The number of nitrogens with one attached hydrogen (secondary N) is 1. The number of phenolic OH excluding ortho intramolecular Hbond substituents is 3. The second kappa shape index (κ2) is 12.5. The molecule has 8 heteroatoms. The fourth-order valence-corrected chi connectivity index (χ4v) is 10.1. The summed E-state index contributed by atoms with van der Waals surface area (Å²) in [5.41, 5.74) is 0.871. The van der Waals surface area contributed by atoms with Crippen LogP contribution in [0.4, 0.5) is 0 Å². The lowest BCUT2D eigenvalue weighted by molar-refractivity contribution is -0.175. The zero-order valence-corrected chi connectivity index (χ0v) is 27.4. The Labute approximate surface area is 281 Å². The SMILES string of the molecule is COc1cc(C2CC(=O)CC3(O)CCC45CCCCC4(c4ccc(O)c(O)c4)C3C(C#CC2Cc2ccccc2)CN5)c(CO)cc1O. The Bertz CT molecular complexity index is 1760. The van der Waals surface area contributed by atoms with Gasteiger partial charge in [-0.1, -0.05) is 61.1 Å². The van der Waals surface area contributed by atoms with E-state index >= 15 is 0 Å². The van der Waals surface area contributed by atoms with Crippen molar-refractivity contribution in [2.24, 2.45) is 17.8 Å². The number of aromatic hydroxyl groups is 3. The summed E-state index contributed by atoms with van der Waals surface area (Å²) in [6, 6.07) is 18.3. The average molecular weight is 652 g/mol. The molecule has 1 saturated heterocycles. The van der Waals surface area contributed by atoms with Gasteiger partial charge in [-0.15, -0.1) is 0 Å². The van der Waals surface area contributed by atoms with Crippen molar-refractivity contribution in [3.8, 4) is 34.8 Å². The lowest BCUT2D eigenvalue weighted by Gasteiger charge is -2.69. The van der Waals surface area contributed by atoms with Crippen LogP contribution >= 0.6 is 0 Å². The molecular formula is C40H45NO7. The van der Waals surface area contributed by atoms with Crippen LogP contribution in [0.2, 0.25) is 0 Å². The van der Waals surface area contributed by atoms with Gasteiger partial charge in [-0.25, -0.2) is 0 Å². The number of rotatable bonds is 6. The Morgan fingerprint density at radius 1 is 0.917 bits per heavy atom. The molecular weight excluding hydrogens is 606 g/mol. The number of piperidine rings is 1. The Balaban J connectivity index is 1.42. The van der Waals surface area contributed by atoms with Crippen LogP contribution in [-0.4, -0.2) is 56.1 Å². The molecule has 7 atom stereocenters. The standard InChI is InChI=1S/C40H45NO7/c1-48-36-21-32(28(24-42)18-35(36)46)31-20-30(43)22-38(47)15-16-39-13-5-6-14-40(39,29-11-12-33(44)34(45)19-29)37(38)27(23-41-39)10-9-26(31)17-25-7-3-2-4-8-25/h2-4,7-8,11-12,18-19,21,26-27,31,37,41-42,44-47H,5-6,13-17,20,22-24H2,1H3. The number of hydrogen-bond acceptors (Lipinski definition) is 8. The second-order valence-corrected chi connectivity index (χ2v) is 14.5. The molecule has 0 radical (unpaired) electrons. The van der Waals surface area contributed by atoms with Gasteiger partial charge < -0.3 is 35.6 Å².